The zero-order chi connectivity index (χ0) is 19.0. The maximum absolute atomic E-state index is 12.6. The molecule has 5 amide bonds. The molecule has 9 nitrogen and oxygen atoms in total. The highest BCUT2D eigenvalue weighted by Crippen LogP contribution is 2.21. The van der Waals surface area contributed by atoms with Gasteiger partial charge < -0.3 is 26.2 Å². The quantitative estimate of drug-likeness (QED) is 0.460. The fourth-order valence-corrected chi connectivity index (χ4v) is 3.04. The SMILES string of the molecule is C=CCNC(=O)N[C@H]1C[C@@H](C(=O)N(C)CC(N)=O)N(C(=O)CSC)C1. The highest BCUT2D eigenvalue weighted by Gasteiger charge is 2.41. The number of nitrogens with zero attached hydrogens (tertiary/aromatic N) is 2. The predicted molar refractivity (Wildman–Crippen MR) is 95.9 cm³/mol. The van der Waals surface area contributed by atoms with Crippen LogP contribution in [-0.2, 0) is 14.4 Å². The number of hydrogen-bond donors (Lipinski definition) is 3. The summed E-state index contributed by atoms with van der Waals surface area (Å²) in [5.41, 5.74) is 5.12. The van der Waals surface area contributed by atoms with Crippen LogP contribution in [0.3, 0.4) is 0 Å². The summed E-state index contributed by atoms with van der Waals surface area (Å²) in [5.74, 6) is -0.953. The molecular formula is C15H25N5O4S. The van der Waals surface area contributed by atoms with Crippen molar-refractivity contribution >= 4 is 35.5 Å². The molecule has 1 aliphatic rings. The van der Waals surface area contributed by atoms with Gasteiger partial charge in [-0.15, -0.1) is 6.58 Å². The van der Waals surface area contributed by atoms with E-state index in [4.69, 9.17) is 5.73 Å². The Bertz CT molecular complexity index is 542. The van der Waals surface area contributed by atoms with Crippen LogP contribution in [0.1, 0.15) is 6.42 Å². The zero-order valence-corrected chi connectivity index (χ0v) is 15.3. The summed E-state index contributed by atoms with van der Waals surface area (Å²) in [6.45, 7) is 3.84. The highest BCUT2D eigenvalue weighted by molar-refractivity contribution is 7.99. The van der Waals surface area contributed by atoms with Gasteiger partial charge in [-0.2, -0.15) is 11.8 Å². The molecule has 0 radical (unpaired) electrons. The second-order valence-electron chi connectivity index (χ2n) is 5.73. The van der Waals surface area contributed by atoms with Gasteiger partial charge in [0.05, 0.1) is 18.3 Å². The fraction of sp³-hybridized carbons (Fsp3) is 0.600. The Labute approximate surface area is 151 Å². The van der Waals surface area contributed by atoms with Crippen LogP contribution in [0.25, 0.3) is 0 Å². The van der Waals surface area contributed by atoms with Gasteiger partial charge in [0.25, 0.3) is 0 Å². The van der Waals surface area contributed by atoms with Crippen molar-refractivity contribution < 1.29 is 19.2 Å². The summed E-state index contributed by atoms with van der Waals surface area (Å²) in [4.78, 5) is 50.4. The van der Waals surface area contributed by atoms with Gasteiger partial charge in [-0.25, -0.2) is 4.79 Å². The van der Waals surface area contributed by atoms with Crippen molar-refractivity contribution in [3.63, 3.8) is 0 Å². The van der Waals surface area contributed by atoms with E-state index < -0.39 is 11.9 Å². The summed E-state index contributed by atoms with van der Waals surface area (Å²) in [6.07, 6.45) is 3.62. The minimum absolute atomic E-state index is 0.186. The smallest absolute Gasteiger partial charge is 0.315 e. The summed E-state index contributed by atoms with van der Waals surface area (Å²) >= 11 is 1.35. The number of thioether (sulfide) groups is 1. The van der Waals surface area contributed by atoms with Gasteiger partial charge in [0.2, 0.25) is 17.7 Å². The molecule has 1 aliphatic heterocycles. The molecule has 0 aromatic carbocycles. The summed E-state index contributed by atoms with van der Waals surface area (Å²) in [5, 5.41) is 5.33. The average Bonchev–Trinajstić information content (AvgIpc) is 2.95. The molecule has 1 heterocycles. The van der Waals surface area contributed by atoms with Gasteiger partial charge in [-0.05, 0) is 12.7 Å². The van der Waals surface area contributed by atoms with E-state index in [9.17, 15) is 19.2 Å². The third-order valence-electron chi connectivity index (χ3n) is 3.69. The van der Waals surface area contributed by atoms with Crippen LogP contribution < -0.4 is 16.4 Å². The van der Waals surface area contributed by atoms with E-state index >= 15 is 0 Å². The molecule has 1 saturated heterocycles. The number of carbonyl (C=O) groups excluding carboxylic acids is 4. The van der Waals surface area contributed by atoms with E-state index in [1.165, 1.54) is 28.6 Å². The van der Waals surface area contributed by atoms with Gasteiger partial charge in [-0.3, -0.25) is 14.4 Å². The maximum Gasteiger partial charge on any atom is 0.315 e. The lowest BCUT2D eigenvalue weighted by Gasteiger charge is -2.27. The number of nitrogens with one attached hydrogen (secondary N) is 2. The number of rotatable bonds is 8. The Morgan fingerprint density at radius 3 is 2.64 bits per heavy atom. The van der Waals surface area contributed by atoms with Crippen LogP contribution >= 0.6 is 11.8 Å². The van der Waals surface area contributed by atoms with Crippen LogP contribution in [0, 0.1) is 0 Å². The number of likely N-dealkylation sites (N-methyl/N-ethyl adjacent to an activating group) is 1. The largest absolute Gasteiger partial charge is 0.368 e. The summed E-state index contributed by atoms with van der Waals surface area (Å²) in [6, 6.07) is -1.47. The monoisotopic (exact) mass is 371 g/mol. The Morgan fingerprint density at radius 1 is 1.40 bits per heavy atom. The second-order valence-corrected chi connectivity index (χ2v) is 6.60. The predicted octanol–water partition coefficient (Wildman–Crippen LogP) is -1.25. The molecule has 0 aromatic rings. The molecule has 4 N–H and O–H groups in total. The van der Waals surface area contributed by atoms with E-state index in [1.807, 2.05) is 0 Å². The van der Waals surface area contributed by atoms with E-state index in [1.54, 1.807) is 12.3 Å². The number of nitrogens with two attached hydrogens (primary N) is 1. The number of carbonyl (C=O) groups is 4. The van der Waals surface area contributed by atoms with Crippen molar-refractivity contribution in [3.8, 4) is 0 Å². The molecule has 0 unspecified atom stereocenters. The van der Waals surface area contributed by atoms with Crippen molar-refractivity contribution in [3.05, 3.63) is 12.7 Å². The van der Waals surface area contributed by atoms with Crippen molar-refractivity contribution in [2.75, 3.05) is 38.7 Å². The minimum Gasteiger partial charge on any atom is -0.368 e. The molecule has 0 spiro atoms. The first-order chi connectivity index (χ1) is 11.8. The number of likely N-dealkylation sites (tertiary alicyclic amines) is 1. The van der Waals surface area contributed by atoms with Crippen LogP contribution in [0.4, 0.5) is 4.79 Å². The first-order valence-corrected chi connectivity index (χ1v) is 9.16. The van der Waals surface area contributed by atoms with E-state index in [-0.39, 0.29) is 49.2 Å². The first kappa shape index (κ1) is 20.8. The Balaban J connectivity index is 2.81. The molecule has 1 rings (SSSR count). The zero-order valence-electron chi connectivity index (χ0n) is 14.5. The van der Waals surface area contributed by atoms with Gasteiger partial charge >= 0.3 is 6.03 Å². The van der Waals surface area contributed by atoms with Crippen molar-refractivity contribution in [2.45, 2.75) is 18.5 Å². The van der Waals surface area contributed by atoms with Gasteiger partial charge in [-0.1, -0.05) is 6.08 Å². The molecule has 0 aromatic heterocycles. The molecule has 0 aliphatic carbocycles. The van der Waals surface area contributed by atoms with Crippen LogP contribution in [0.5, 0.6) is 0 Å². The lowest BCUT2D eigenvalue weighted by molar-refractivity contribution is -0.142. The molecule has 10 heteroatoms. The van der Waals surface area contributed by atoms with Crippen molar-refractivity contribution in [1.82, 2.24) is 20.4 Å². The fourth-order valence-electron chi connectivity index (χ4n) is 2.62. The van der Waals surface area contributed by atoms with Gasteiger partial charge in [0.15, 0.2) is 0 Å². The molecule has 0 bridgehead atoms. The van der Waals surface area contributed by atoms with Crippen LogP contribution in [-0.4, -0.2) is 84.3 Å². The number of amides is 5. The van der Waals surface area contributed by atoms with E-state index in [0.717, 1.165) is 0 Å². The molecular weight excluding hydrogens is 346 g/mol. The lowest BCUT2D eigenvalue weighted by atomic mass is 10.1. The molecule has 1 fully saturated rings. The topological polar surface area (TPSA) is 125 Å². The highest BCUT2D eigenvalue weighted by atomic mass is 32.2. The summed E-state index contributed by atoms with van der Waals surface area (Å²) in [7, 11) is 1.46. The van der Waals surface area contributed by atoms with Crippen LogP contribution in [0.15, 0.2) is 12.7 Å². The lowest BCUT2D eigenvalue weighted by Crippen LogP contribution is -2.48. The number of urea groups is 1. The Kier molecular flexibility index (Phi) is 8.26. The Morgan fingerprint density at radius 2 is 2.08 bits per heavy atom. The van der Waals surface area contributed by atoms with Gasteiger partial charge in [0.1, 0.15) is 6.04 Å². The molecule has 25 heavy (non-hydrogen) atoms. The molecule has 140 valence electrons. The van der Waals surface area contributed by atoms with Crippen molar-refractivity contribution in [1.29, 1.82) is 0 Å². The number of hydrogen-bond acceptors (Lipinski definition) is 5. The normalized spacial score (nSPS) is 19.2. The third-order valence-corrected chi connectivity index (χ3v) is 4.22. The van der Waals surface area contributed by atoms with Crippen LogP contribution in [0.2, 0.25) is 0 Å². The van der Waals surface area contributed by atoms with Gasteiger partial charge in [0, 0.05) is 20.1 Å². The maximum atomic E-state index is 12.6. The van der Waals surface area contributed by atoms with E-state index in [0.29, 0.717) is 6.54 Å². The molecule has 0 saturated carbocycles. The minimum atomic E-state index is -0.728. The van der Waals surface area contributed by atoms with E-state index in [2.05, 4.69) is 17.2 Å². The molecule has 2 atom stereocenters. The Hall–Kier alpha value is -2.23. The first-order valence-electron chi connectivity index (χ1n) is 7.77. The van der Waals surface area contributed by atoms with Crippen molar-refractivity contribution in [2.24, 2.45) is 5.73 Å². The average molecular weight is 371 g/mol. The second kappa shape index (κ2) is 9.92. The third kappa shape index (κ3) is 6.29. The number of primary amides is 1. The summed E-state index contributed by atoms with van der Waals surface area (Å²) < 4.78 is 0. The standard InChI is InChI=1S/C15H25N5O4S/c1-4-5-17-15(24)18-10-6-11(14(23)19(2)8-12(16)21)20(7-10)13(22)9-25-3/h4,10-11H,1,5-9H2,2-3H3,(H2,16,21)(H2,17,18,24)/t10-,11-/m0/s1.